The summed E-state index contributed by atoms with van der Waals surface area (Å²) >= 11 is 7.29. The maximum Gasteiger partial charge on any atom is 0.341 e. The van der Waals surface area contributed by atoms with Crippen LogP contribution < -0.4 is 14.8 Å². The summed E-state index contributed by atoms with van der Waals surface area (Å²) in [5.41, 5.74) is 2.15. The highest BCUT2D eigenvalue weighted by atomic mass is 35.5. The number of anilines is 1. The number of nitrogens with zero attached hydrogens (tertiary/aromatic N) is 1. The zero-order chi connectivity index (χ0) is 29.4. The fourth-order valence-electron chi connectivity index (χ4n) is 3.86. The number of carbonyl (C=O) groups is 2. The van der Waals surface area contributed by atoms with E-state index >= 15 is 0 Å². The summed E-state index contributed by atoms with van der Waals surface area (Å²) < 4.78 is 36.4. The minimum absolute atomic E-state index is 0.0803. The molecule has 0 saturated heterocycles. The van der Waals surface area contributed by atoms with Crippen LogP contribution in [-0.4, -0.2) is 42.7 Å². The molecule has 0 aliphatic heterocycles. The van der Waals surface area contributed by atoms with E-state index in [0.29, 0.717) is 28.6 Å². The van der Waals surface area contributed by atoms with E-state index in [0.717, 1.165) is 16.0 Å². The van der Waals surface area contributed by atoms with Gasteiger partial charge < -0.3 is 19.9 Å². The second kappa shape index (κ2) is 13.6. The Bertz CT molecular complexity index is 1640. The molecule has 0 fully saturated rings. The summed E-state index contributed by atoms with van der Waals surface area (Å²) in [4.78, 5) is 29.6. The smallest absolute Gasteiger partial charge is 0.341 e. The van der Waals surface area contributed by atoms with Crippen molar-refractivity contribution in [1.82, 2.24) is 4.98 Å². The Morgan fingerprint density at radius 3 is 2.51 bits per heavy atom. The van der Waals surface area contributed by atoms with E-state index in [1.54, 1.807) is 42.6 Å². The SMILES string of the molecule is Cc1cnc(OCc2cccc(C(=O)Nc3cc(CCCS(=O)(=O)c4ccc(Cl)cc4)ccc3OCC(=O)O)c2)s1. The second-order valence-electron chi connectivity index (χ2n) is 9.07. The van der Waals surface area contributed by atoms with Gasteiger partial charge in [-0.2, -0.15) is 0 Å². The molecule has 1 aromatic heterocycles. The molecule has 1 heterocycles. The van der Waals surface area contributed by atoms with Crippen molar-refractivity contribution in [2.75, 3.05) is 17.7 Å². The number of aryl methyl sites for hydroxylation is 2. The van der Waals surface area contributed by atoms with Crippen molar-refractivity contribution < 1.29 is 32.6 Å². The number of sulfone groups is 1. The maximum absolute atomic E-state index is 13.1. The van der Waals surface area contributed by atoms with Crippen molar-refractivity contribution in [2.45, 2.75) is 31.3 Å². The van der Waals surface area contributed by atoms with Gasteiger partial charge in [0.2, 0.25) is 0 Å². The summed E-state index contributed by atoms with van der Waals surface area (Å²) in [6.45, 7) is 1.57. The number of ether oxygens (including phenoxy) is 2. The topological polar surface area (TPSA) is 132 Å². The predicted molar refractivity (Wildman–Crippen MR) is 157 cm³/mol. The third-order valence-corrected chi connectivity index (χ3v) is 8.74. The summed E-state index contributed by atoms with van der Waals surface area (Å²) in [5.74, 6) is -1.50. The Morgan fingerprint density at radius 1 is 1.02 bits per heavy atom. The minimum atomic E-state index is -3.50. The Balaban J connectivity index is 1.45. The van der Waals surface area contributed by atoms with Crippen LogP contribution in [0.4, 0.5) is 5.69 Å². The number of carboxylic acid groups (broad SMARTS) is 1. The quantitative estimate of drug-likeness (QED) is 0.193. The van der Waals surface area contributed by atoms with Crippen molar-refractivity contribution in [1.29, 1.82) is 0 Å². The fraction of sp³-hybridized carbons (Fsp3) is 0.207. The van der Waals surface area contributed by atoms with E-state index < -0.39 is 28.3 Å². The number of carboxylic acids is 1. The Morgan fingerprint density at radius 2 is 1.80 bits per heavy atom. The first-order valence-electron chi connectivity index (χ1n) is 12.5. The van der Waals surface area contributed by atoms with Crippen LogP contribution in [0.3, 0.4) is 0 Å². The average molecular weight is 615 g/mol. The van der Waals surface area contributed by atoms with Gasteiger partial charge in [0.05, 0.1) is 16.3 Å². The van der Waals surface area contributed by atoms with E-state index in [1.807, 2.05) is 13.0 Å². The molecule has 4 aromatic rings. The molecule has 0 unspecified atom stereocenters. The highest BCUT2D eigenvalue weighted by molar-refractivity contribution is 7.91. The van der Waals surface area contributed by atoms with Crippen LogP contribution in [0.15, 0.2) is 77.8 Å². The molecule has 3 aromatic carbocycles. The van der Waals surface area contributed by atoms with Crippen LogP contribution in [0.5, 0.6) is 10.9 Å². The van der Waals surface area contributed by atoms with Crippen LogP contribution in [0.25, 0.3) is 0 Å². The van der Waals surface area contributed by atoms with Gasteiger partial charge in [-0.3, -0.25) is 4.79 Å². The van der Waals surface area contributed by atoms with Crippen molar-refractivity contribution >= 4 is 50.3 Å². The number of nitrogens with one attached hydrogen (secondary N) is 1. The molecule has 0 saturated carbocycles. The zero-order valence-electron chi connectivity index (χ0n) is 22.0. The van der Waals surface area contributed by atoms with Gasteiger partial charge >= 0.3 is 5.97 Å². The van der Waals surface area contributed by atoms with Crippen molar-refractivity contribution in [3.63, 3.8) is 0 Å². The minimum Gasteiger partial charge on any atom is -0.480 e. The third kappa shape index (κ3) is 8.78. The van der Waals surface area contributed by atoms with Gasteiger partial charge in [-0.05, 0) is 79.4 Å². The second-order valence-corrected chi connectivity index (χ2v) is 12.8. The molecule has 2 N–H and O–H groups in total. The summed E-state index contributed by atoms with van der Waals surface area (Å²) in [5, 5.41) is 12.8. The van der Waals surface area contributed by atoms with E-state index in [1.165, 1.54) is 35.6 Å². The predicted octanol–water partition coefficient (Wildman–Crippen LogP) is 5.81. The Kier molecular flexibility index (Phi) is 9.98. The van der Waals surface area contributed by atoms with Gasteiger partial charge in [0, 0.05) is 21.7 Å². The van der Waals surface area contributed by atoms with Crippen LogP contribution in [0, 0.1) is 6.92 Å². The van der Waals surface area contributed by atoms with E-state index in [9.17, 15) is 18.0 Å². The monoisotopic (exact) mass is 614 g/mol. The van der Waals surface area contributed by atoms with Crippen molar-refractivity contribution in [3.05, 3.63) is 99.5 Å². The van der Waals surface area contributed by atoms with Gasteiger partial charge in [0.15, 0.2) is 16.4 Å². The number of hydrogen-bond acceptors (Lipinski definition) is 8. The molecule has 0 atom stereocenters. The van der Waals surface area contributed by atoms with E-state index in [2.05, 4.69) is 10.3 Å². The van der Waals surface area contributed by atoms with Crippen LogP contribution in [0.2, 0.25) is 5.02 Å². The van der Waals surface area contributed by atoms with Crippen LogP contribution in [-0.2, 0) is 27.7 Å². The molecule has 41 heavy (non-hydrogen) atoms. The number of carbonyl (C=O) groups excluding carboxylic acids is 1. The van der Waals surface area contributed by atoms with Crippen molar-refractivity contribution in [2.24, 2.45) is 0 Å². The molecule has 0 radical (unpaired) electrons. The summed E-state index contributed by atoms with van der Waals surface area (Å²) in [7, 11) is -3.50. The van der Waals surface area contributed by atoms with E-state index in [-0.39, 0.29) is 28.7 Å². The third-order valence-electron chi connectivity index (χ3n) is 5.85. The molecule has 12 heteroatoms. The molecule has 9 nitrogen and oxygen atoms in total. The lowest BCUT2D eigenvalue weighted by Crippen LogP contribution is -2.15. The first kappa shape index (κ1) is 30.0. The number of amides is 1. The van der Waals surface area contributed by atoms with E-state index in [4.69, 9.17) is 26.2 Å². The summed E-state index contributed by atoms with van der Waals surface area (Å²) in [6.07, 6.45) is 2.45. The highest BCUT2D eigenvalue weighted by Gasteiger charge is 2.16. The van der Waals surface area contributed by atoms with Gasteiger partial charge in [-0.25, -0.2) is 18.2 Å². The molecule has 0 aliphatic carbocycles. The number of halogens is 1. The number of aliphatic carboxylic acids is 1. The fourth-order valence-corrected chi connectivity index (χ4v) is 5.91. The van der Waals surface area contributed by atoms with Gasteiger partial charge in [0.1, 0.15) is 12.4 Å². The number of thiazole rings is 1. The average Bonchev–Trinajstić information content (AvgIpc) is 3.36. The molecule has 0 aliphatic rings. The molecule has 4 rings (SSSR count). The Labute approximate surface area is 246 Å². The maximum atomic E-state index is 13.1. The standard InChI is InChI=1S/C29H27ClN2O7S2/c1-19-16-31-29(40-19)39-17-21-4-2-6-22(14-21)28(35)32-25-15-20(7-12-26(25)38-18-27(33)34)5-3-13-41(36,37)24-10-8-23(30)9-11-24/h2,4,6-12,14-16H,3,5,13,17-18H2,1H3,(H,32,35)(H,33,34). The lowest BCUT2D eigenvalue weighted by molar-refractivity contribution is -0.139. The number of hydrogen-bond donors (Lipinski definition) is 2. The van der Waals surface area contributed by atoms with Crippen LogP contribution in [0.1, 0.15) is 32.8 Å². The Hall–Kier alpha value is -3.93. The molecular formula is C29H27ClN2O7S2. The van der Waals surface area contributed by atoms with Crippen molar-refractivity contribution in [3.8, 4) is 10.9 Å². The molecule has 0 spiro atoms. The zero-order valence-corrected chi connectivity index (χ0v) is 24.4. The molecular weight excluding hydrogens is 588 g/mol. The lowest BCUT2D eigenvalue weighted by atomic mass is 10.1. The number of aromatic nitrogens is 1. The first-order valence-corrected chi connectivity index (χ1v) is 15.3. The lowest BCUT2D eigenvalue weighted by Gasteiger charge is -2.14. The largest absolute Gasteiger partial charge is 0.480 e. The highest BCUT2D eigenvalue weighted by Crippen LogP contribution is 2.28. The first-order chi connectivity index (χ1) is 19.6. The molecule has 1 amide bonds. The van der Waals surface area contributed by atoms with Crippen LogP contribution >= 0.6 is 22.9 Å². The van der Waals surface area contributed by atoms with Gasteiger partial charge in [-0.15, -0.1) is 0 Å². The van der Waals surface area contributed by atoms with Gasteiger partial charge in [-0.1, -0.05) is 41.1 Å². The molecule has 214 valence electrons. The number of benzene rings is 3. The molecule has 0 bridgehead atoms. The number of rotatable bonds is 13. The normalized spacial score (nSPS) is 11.2. The summed E-state index contributed by atoms with van der Waals surface area (Å²) in [6, 6.07) is 17.8. The van der Waals surface area contributed by atoms with Gasteiger partial charge in [0.25, 0.3) is 11.1 Å².